The summed E-state index contributed by atoms with van der Waals surface area (Å²) in [6.07, 6.45) is 7.37. The van der Waals surface area contributed by atoms with E-state index in [-0.39, 0.29) is 12.5 Å². The van der Waals surface area contributed by atoms with Crippen LogP contribution in [0.5, 0.6) is 0 Å². The molecule has 2 aromatic rings. The molecule has 1 aliphatic carbocycles. The van der Waals surface area contributed by atoms with Crippen LogP contribution in [0.3, 0.4) is 0 Å². The summed E-state index contributed by atoms with van der Waals surface area (Å²) in [6, 6.07) is 10.6. The van der Waals surface area contributed by atoms with E-state index in [0.29, 0.717) is 24.8 Å². The number of nitrogens with zero attached hydrogens (tertiary/aromatic N) is 3. The van der Waals surface area contributed by atoms with Crippen LogP contribution < -0.4 is 5.32 Å². The quantitative estimate of drug-likeness (QED) is 0.805. The molecule has 6 heteroatoms. The second-order valence-corrected chi connectivity index (χ2v) is 7.90. The minimum absolute atomic E-state index is 0.0333. The fourth-order valence-corrected chi connectivity index (χ4v) is 4.59. The van der Waals surface area contributed by atoms with Crippen molar-refractivity contribution in [2.45, 2.75) is 64.2 Å². The van der Waals surface area contributed by atoms with Gasteiger partial charge in [0.05, 0.1) is 13.2 Å². The molecule has 0 bridgehead atoms. The molecule has 4 rings (SSSR count). The zero-order chi connectivity index (χ0) is 19.3. The largest absolute Gasteiger partial charge is 0.394 e. The van der Waals surface area contributed by atoms with Gasteiger partial charge in [-0.05, 0) is 18.4 Å². The van der Waals surface area contributed by atoms with E-state index in [0.717, 1.165) is 36.3 Å². The third-order valence-electron chi connectivity index (χ3n) is 6.08. The molecule has 1 amide bonds. The molecule has 0 spiro atoms. The van der Waals surface area contributed by atoms with E-state index in [1.165, 1.54) is 32.1 Å². The molecule has 6 nitrogen and oxygen atoms in total. The Balaban J connectivity index is 1.52. The Morgan fingerprint density at radius 2 is 1.96 bits per heavy atom. The van der Waals surface area contributed by atoms with Gasteiger partial charge < -0.3 is 10.4 Å². The average Bonchev–Trinajstić information content (AvgIpc) is 3.11. The number of amides is 1. The van der Waals surface area contributed by atoms with Gasteiger partial charge in [0, 0.05) is 43.4 Å². The van der Waals surface area contributed by atoms with Gasteiger partial charge in [-0.1, -0.05) is 49.6 Å². The summed E-state index contributed by atoms with van der Waals surface area (Å²) < 4.78 is 1.84. The van der Waals surface area contributed by atoms with Crippen LogP contribution in [-0.4, -0.2) is 44.9 Å². The van der Waals surface area contributed by atoms with Gasteiger partial charge >= 0.3 is 0 Å². The zero-order valence-electron chi connectivity index (χ0n) is 16.4. The van der Waals surface area contributed by atoms with Crippen molar-refractivity contribution in [2.75, 3.05) is 13.2 Å². The first-order chi connectivity index (χ1) is 13.8. The zero-order valence-corrected chi connectivity index (χ0v) is 16.4. The molecule has 1 aromatic carbocycles. The number of aliphatic hydroxyl groups excluding tert-OH is 1. The van der Waals surface area contributed by atoms with E-state index in [4.69, 9.17) is 0 Å². The lowest BCUT2D eigenvalue weighted by Gasteiger charge is -2.37. The molecule has 1 fully saturated rings. The first-order valence-electron chi connectivity index (χ1n) is 10.5. The van der Waals surface area contributed by atoms with Crippen LogP contribution in [0.25, 0.3) is 0 Å². The maximum absolute atomic E-state index is 12.9. The standard InChI is InChI=1S/C22H30N4O2/c27-14-13-26-20-11-12-25(18-9-5-2-6-10-18)16-19(20)21(24-26)22(28)23-15-17-7-3-1-4-8-17/h1,3-4,7-8,18,27H,2,5-6,9-16H2,(H,23,28). The summed E-state index contributed by atoms with van der Waals surface area (Å²) in [4.78, 5) is 15.5. The van der Waals surface area contributed by atoms with Gasteiger partial charge in [0.25, 0.3) is 5.91 Å². The molecule has 1 aromatic heterocycles. The Morgan fingerprint density at radius 1 is 1.18 bits per heavy atom. The minimum atomic E-state index is -0.123. The lowest BCUT2D eigenvalue weighted by atomic mass is 9.92. The Bertz CT molecular complexity index is 796. The number of aliphatic hydroxyl groups is 1. The van der Waals surface area contributed by atoms with Crippen LogP contribution in [0.4, 0.5) is 0 Å². The van der Waals surface area contributed by atoms with Gasteiger partial charge in [0.15, 0.2) is 5.69 Å². The van der Waals surface area contributed by atoms with Crippen LogP contribution in [-0.2, 0) is 26.1 Å². The normalized spacial score (nSPS) is 18.0. The van der Waals surface area contributed by atoms with Gasteiger partial charge in [-0.3, -0.25) is 14.4 Å². The minimum Gasteiger partial charge on any atom is -0.394 e. The maximum atomic E-state index is 12.9. The molecule has 2 heterocycles. The monoisotopic (exact) mass is 382 g/mol. The van der Waals surface area contributed by atoms with Crippen molar-refractivity contribution in [3.05, 3.63) is 52.8 Å². The summed E-state index contributed by atoms with van der Waals surface area (Å²) in [6.45, 7) is 2.77. The van der Waals surface area contributed by atoms with E-state index in [2.05, 4.69) is 15.3 Å². The van der Waals surface area contributed by atoms with Crippen LogP contribution in [0.2, 0.25) is 0 Å². The lowest BCUT2D eigenvalue weighted by molar-refractivity contribution is 0.0939. The Morgan fingerprint density at radius 3 is 2.71 bits per heavy atom. The fourth-order valence-electron chi connectivity index (χ4n) is 4.59. The molecular formula is C22H30N4O2. The second kappa shape index (κ2) is 8.88. The number of hydrogen-bond acceptors (Lipinski definition) is 4. The number of aromatic nitrogens is 2. The highest BCUT2D eigenvalue weighted by molar-refractivity contribution is 5.94. The van der Waals surface area contributed by atoms with Gasteiger partial charge in [-0.25, -0.2) is 0 Å². The molecular weight excluding hydrogens is 352 g/mol. The predicted octanol–water partition coefficient (Wildman–Crippen LogP) is 2.50. The van der Waals surface area contributed by atoms with Crippen LogP contribution in [0.1, 0.15) is 59.4 Å². The van der Waals surface area contributed by atoms with Crippen molar-refractivity contribution in [1.29, 1.82) is 0 Å². The van der Waals surface area contributed by atoms with Gasteiger partial charge in [0.2, 0.25) is 0 Å². The van der Waals surface area contributed by atoms with E-state index in [1.54, 1.807) is 0 Å². The Labute approximate surface area is 166 Å². The van der Waals surface area contributed by atoms with Gasteiger partial charge in [-0.15, -0.1) is 0 Å². The highest BCUT2D eigenvalue weighted by Crippen LogP contribution is 2.29. The van der Waals surface area contributed by atoms with Crippen molar-refractivity contribution < 1.29 is 9.90 Å². The summed E-state index contributed by atoms with van der Waals surface area (Å²) in [5.74, 6) is -0.123. The summed E-state index contributed by atoms with van der Waals surface area (Å²) in [5.41, 5.74) is 3.77. The van der Waals surface area contributed by atoms with E-state index in [9.17, 15) is 9.90 Å². The molecule has 2 N–H and O–H groups in total. The first kappa shape index (κ1) is 19.2. The number of benzene rings is 1. The lowest BCUT2D eigenvalue weighted by Crippen LogP contribution is -2.41. The SMILES string of the molecule is O=C(NCc1ccccc1)c1nn(CCO)c2c1CN(C1CCCCC1)CC2. The summed E-state index contributed by atoms with van der Waals surface area (Å²) in [5, 5.41) is 17.0. The molecule has 2 aliphatic rings. The number of carbonyl (C=O) groups is 1. The molecule has 1 aliphatic heterocycles. The van der Waals surface area contributed by atoms with Crippen molar-refractivity contribution in [2.24, 2.45) is 0 Å². The second-order valence-electron chi connectivity index (χ2n) is 7.90. The smallest absolute Gasteiger partial charge is 0.272 e. The van der Waals surface area contributed by atoms with Crippen molar-refractivity contribution in [3.8, 4) is 0 Å². The van der Waals surface area contributed by atoms with Crippen molar-refractivity contribution in [1.82, 2.24) is 20.0 Å². The number of hydrogen-bond donors (Lipinski definition) is 2. The molecule has 0 unspecified atom stereocenters. The van der Waals surface area contributed by atoms with Crippen LogP contribution >= 0.6 is 0 Å². The van der Waals surface area contributed by atoms with Gasteiger partial charge in [0.1, 0.15) is 0 Å². The van der Waals surface area contributed by atoms with Crippen molar-refractivity contribution >= 4 is 5.91 Å². The molecule has 150 valence electrons. The summed E-state index contributed by atoms with van der Waals surface area (Å²) in [7, 11) is 0. The number of rotatable bonds is 6. The van der Waals surface area contributed by atoms with Gasteiger partial charge in [-0.2, -0.15) is 5.10 Å². The number of nitrogens with one attached hydrogen (secondary N) is 1. The Hall–Kier alpha value is -2.18. The highest BCUT2D eigenvalue weighted by Gasteiger charge is 2.31. The summed E-state index contributed by atoms with van der Waals surface area (Å²) >= 11 is 0. The molecule has 0 saturated heterocycles. The number of carbonyl (C=O) groups excluding carboxylic acids is 1. The topological polar surface area (TPSA) is 70.4 Å². The van der Waals surface area contributed by atoms with E-state index in [1.807, 2.05) is 35.0 Å². The van der Waals surface area contributed by atoms with Crippen LogP contribution in [0.15, 0.2) is 30.3 Å². The fraction of sp³-hybridized carbons (Fsp3) is 0.545. The molecule has 28 heavy (non-hydrogen) atoms. The van der Waals surface area contributed by atoms with Crippen molar-refractivity contribution in [3.63, 3.8) is 0 Å². The van der Waals surface area contributed by atoms with E-state index >= 15 is 0 Å². The molecule has 0 radical (unpaired) electrons. The first-order valence-corrected chi connectivity index (χ1v) is 10.5. The van der Waals surface area contributed by atoms with E-state index < -0.39 is 0 Å². The predicted molar refractivity (Wildman–Crippen MR) is 108 cm³/mol. The maximum Gasteiger partial charge on any atom is 0.272 e. The van der Waals surface area contributed by atoms with Crippen LogP contribution in [0, 0.1) is 0 Å². The third-order valence-corrected chi connectivity index (χ3v) is 6.08. The molecule has 0 atom stereocenters. The highest BCUT2D eigenvalue weighted by atomic mass is 16.3. The average molecular weight is 383 g/mol. The Kier molecular flexibility index (Phi) is 6.07. The third kappa shape index (κ3) is 4.13. The molecule has 1 saturated carbocycles. The number of fused-ring (bicyclic) bond motifs is 1.